The molecule has 4 rings (SSSR count). The maximum absolute atomic E-state index is 12.5. The molecule has 2 unspecified atom stereocenters. The number of carbonyl (C=O) groups is 2. The summed E-state index contributed by atoms with van der Waals surface area (Å²) in [5, 5.41) is 8.17. The van der Waals surface area contributed by atoms with Crippen molar-refractivity contribution in [3.8, 4) is 5.75 Å². The molecule has 2 aromatic carbocycles. The van der Waals surface area contributed by atoms with Crippen LogP contribution in [0.2, 0.25) is 0 Å². The molecule has 0 spiro atoms. The van der Waals surface area contributed by atoms with Gasteiger partial charge in [0.25, 0.3) is 5.91 Å². The second-order valence-electron chi connectivity index (χ2n) is 8.67. The Morgan fingerprint density at radius 3 is 2.62 bits per heavy atom. The van der Waals surface area contributed by atoms with Gasteiger partial charge in [0.15, 0.2) is 0 Å². The van der Waals surface area contributed by atoms with Crippen LogP contribution in [0.25, 0.3) is 0 Å². The molecule has 1 fully saturated rings. The van der Waals surface area contributed by atoms with Crippen molar-refractivity contribution in [1.82, 2.24) is 21.1 Å². The normalized spacial score (nSPS) is 20.3. The van der Waals surface area contributed by atoms with Crippen LogP contribution in [0.4, 0.5) is 0 Å². The van der Waals surface area contributed by atoms with Crippen molar-refractivity contribution >= 4 is 11.8 Å². The summed E-state index contributed by atoms with van der Waals surface area (Å²) in [6.07, 6.45) is 2.24. The van der Waals surface area contributed by atoms with Gasteiger partial charge >= 0.3 is 0 Å². The average molecular weight is 465 g/mol. The number of para-hydroxylation sites is 1. The van der Waals surface area contributed by atoms with E-state index in [1.54, 1.807) is 18.2 Å². The van der Waals surface area contributed by atoms with E-state index in [0.717, 1.165) is 37.1 Å². The lowest BCUT2D eigenvalue weighted by Gasteiger charge is -2.29. The first-order valence-corrected chi connectivity index (χ1v) is 11.5. The Balaban J connectivity index is 1.42. The van der Waals surface area contributed by atoms with Crippen molar-refractivity contribution in [2.75, 3.05) is 26.7 Å². The summed E-state index contributed by atoms with van der Waals surface area (Å²) in [6.45, 7) is 3.03. The number of primary amides is 1. The van der Waals surface area contributed by atoms with E-state index >= 15 is 0 Å². The van der Waals surface area contributed by atoms with Crippen molar-refractivity contribution in [2.24, 2.45) is 17.4 Å². The van der Waals surface area contributed by atoms with E-state index in [4.69, 9.17) is 16.2 Å². The molecule has 2 heterocycles. The molecule has 0 bridgehead atoms. The maximum Gasteiger partial charge on any atom is 0.255 e. The minimum absolute atomic E-state index is 0.210. The molecule has 0 saturated carbocycles. The van der Waals surface area contributed by atoms with Crippen molar-refractivity contribution < 1.29 is 14.3 Å². The zero-order valence-electron chi connectivity index (χ0n) is 19.3. The number of methoxy groups -OCH3 is 1. The summed E-state index contributed by atoms with van der Waals surface area (Å²) in [6, 6.07) is 14.4. The monoisotopic (exact) mass is 464 g/mol. The number of hydrazine groups is 1. The molecule has 0 aliphatic carbocycles. The van der Waals surface area contributed by atoms with Crippen LogP contribution in [-0.4, -0.2) is 43.6 Å². The van der Waals surface area contributed by atoms with Crippen molar-refractivity contribution in [2.45, 2.75) is 25.4 Å². The Kier molecular flexibility index (Phi) is 7.34. The fraction of sp³-hybridized carbons (Fsp3) is 0.360. The number of ether oxygens (including phenoxy) is 1. The van der Waals surface area contributed by atoms with Crippen LogP contribution in [0.3, 0.4) is 0 Å². The molecule has 7 N–H and O–H groups in total. The molecule has 9 heteroatoms. The summed E-state index contributed by atoms with van der Waals surface area (Å²) < 4.78 is 5.26. The van der Waals surface area contributed by atoms with Gasteiger partial charge in [-0.2, -0.15) is 0 Å². The summed E-state index contributed by atoms with van der Waals surface area (Å²) in [5.41, 5.74) is 18.0. The predicted octanol–water partition coefficient (Wildman–Crippen LogP) is 1.14. The quantitative estimate of drug-likeness (QED) is 0.395. The first-order chi connectivity index (χ1) is 16.5. The van der Waals surface area contributed by atoms with Crippen LogP contribution < -0.4 is 32.3 Å². The number of carbonyl (C=O) groups excluding carboxylic acids is 2. The van der Waals surface area contributed by atoms with Gasteiger partial charge in [0, 0.05) is 13.1 Å². The molecule has 0 radical (unpaired) electrons. The van der Waals surface area contributed by atoms with E-state index < -0.39 is 11.9 Å². The highest BCUT2D eigenvalue weighted by Crippen LogP contribution is 2.31. The fourth-order valence-corrected chi connectivity index (χ4v) is 4.52. The topological polar surface area (TPSA) is 135 Å². The van der Waals surface area contributed by atoms with Gasteiger partial charge in [-0.25, -0.2) is 5.43 Å². The number of rotatable bonds is 8. The van der Waals surface area contributed by atoms with E-state index in [-0.39, 0.29) is 5.91 Å². The fourth-order valence-electron chi connectivity index (χ4n) is 4.52. The van der Waals surface area contributed by atoms with Crippen LogP contribution in [0.15, 0.2) is 59.9 Å². The van der Waals surface area contributed by atoms with Crippen LogP contribution in [0.1, 0.15) is 40.4 Å². The largest absolute Gasteiger partial charge is 0.496 e. The second kappa shape index (κ2) is 10.6. The second-order valence-corrected chi connectivity index (χ2v) is 8.67. The Labute approximate surface area is 199 Å². The van der Waals surface area contributed by atoms with Crippen LogP contribution in [0.5, 0.6) is 5.75 Å². The number of hydrogen-bond acceptors (Lipinski definition) is 7. The highest BCUT2D eigenvalue weighted by molar-refractivity contribution is 5.97. The molecule has 0 aromatic heterocycles. The van der Waals surface area contributed by atoms with E-state index in [1.807, 2.05) is 35.3 Å². The molecular formula is C25H32N6O3. The zero-order chi connectivity index (χ0) is 24.1. The van der Waals surface area contributed by atoms with E-state index in [9.17, 15) is 9.59 Å². The van der Waals surface area contributed by atoms with Gasteiger partial charge in [0.2, 0.25) is 5.91 Å². The number of nitrogens with one attached hydrogen (secondary N) is 3. The lowest BCUT2D eigenvalue weighted by molar-refractivity contribution is -0.114. The van der Waals surface area contributed by atoms with Crippen molar-refractivity contribution in [3.05, 3.63) is 76.6 Å². The molecule has 1 saturated heterocycles. The lowest BCUT2D eigenvalue weighted by Crippen LogP contribution is -2.43. The Bertz CT molecular complexity index is 1060. The highest BCUT2D eigenvalue weighted by Gasteiger charge is 2.35. The molecule has 2 aliphatic rings. The zero-order valence-corrected chi connectivity index (χ0v) is 19.3. The summed E-state index contributed by atoms with van der Waals surface area (Å²) in [5.74, 6) is 0.615. The SMILES string of the molecule is COc1ccccc1C(=O)NCc1ccc(C2NN(CC3CCCNC3)C(N)=C2C(N)=O)cc1. The van der Waals surface area contributed by atoms with Gasteiger partial charge in [-0.3, -0.25) is 14.6 Å². The molecule has 180 valence electrons. The molecule has 2 amide bonds. The van der Waals surface area contributed by atoms with Crippen LogP contribution in [-0.2, 0) is 11.3 Å². The number of piperidine rings is 1. The minimum Gasteiger partial charge on any atom is -0.496 e. The van der Waals surface area contributed by atoms with E-state index in [1.165, 1.54) is 7.11 Å². The average Bonchev–Trinajstić information content (AvgIpc) is 3.19. The standard InChI is InChI=1S/C25H32N6O3/c1-34-20-7-3-2-6-19(20)25(33)29-14-16-8-10-18(11-9-16)22-21(24(27)32)23(26)31(30-22)15-17-5-4-12-28-13-17/h2-3,6-11,17,22,28,30H,4-5,12-15,26H2,1H3,(H2,27,32)(H,29,33). The number of nitrogens with zero attached hydrogens (tertiary/aromatic N) is 1. The van der Waals surface area contributed by atoms with Gasteiger partial charge in [-0.15, -0.1) is 0 Å². The van der Waals surface area contributed by atoms with Gasteiger partial charge in [0.05, 0.1) is 24.3 Å². The van der Waals surface area contributed by atoms with Gasteiger partial charge in [-0.05, 0) is 55.1 Å². The highest BCUT2D eigenvalue weighted by atomic mass is 16.5. The van der Waals surface area contributed by atoms with Crippen molar-refractivity contribution in [3.63, 3.8) is 0 Å². The third kappa shape index (κ3) is 5.16. The van der Waals surface area contributed by atoms with E-state index in [2.05, 4.69) is 16.1 Å². The molecule has 9 nitrogen and oxygen atoms in total. The lowest BCUT2D eigenvalue weighted by atomic mass is 9.98. The minimum atomic E-state index is -0.535. The molecule has 2 aromatic rings. The number of benzene rings is 2. The molecule has 2 aliphatic heterocycles. The van der Waals surface area contributed by atoms with Gasteiger partial charge < -0.3 is 26.8 Å². The molecule has 2 atom stereocenters. The maximum atomic E-state index is 12.5. The van der Waals surface area contributed by atoms with Crippen LogP contribution in [0, 0.1) is 5.92 Å². The third-order valence-corrected chi connectivity index (χ3v) is 6.36. The molecular weight excluding hydrogens is 432 g/mol. The smallest absolute Gasteiger partial charge is 0.255 e. The van der Waals surface area contributed by atoms with Crippen LogP contribution >= 0.6 is 0 Å². The molecule has 34 heavy (non-hydrogen) atoms. The first-order valence-electron chi connectivity index (χ1n) is 11.5. The number of amides is 2. The van der Waals surface area contributed by atoms with Gasteiger partial charge in [-0.1, -0.05) is 36.4 Å². The summed E-state index contributed by atoms with van der Waals surface area (Å²) in [4.78, 5) is 24.8. The number of nitrogens with two attached hydrogens (primary N) is 2. The van der Waals surface area contributed by atoms with E-state index in [0.29, 0.717) is 41.7 Å². The third-order valence-electron chi connectivity index (χ3n) is 6.36. The Hall–Kier alpha value is -3.56. The summed E-state index contributed by atoms with van der Waals surface area (Å²) >= 11 is 0. The Morgan fingerprint density at radius 2 is 1.94 bits per heavy atom. The van der Waals surface area contributed by atoms with Gasteiger partial charge in [0.1, 0.15) is 11.6 Å². The first kappa shape index (κ1) is 23.6. The van der Waals surface area contributed by atoms with Crippen molar-refractivity contribution in [1.29, 1.82) is 0 Å². The Morgan fingerprint density at radius 1 is 1.18 bits per heavy atom. The predicted molar refractivity (Wildman–Crippen MR) is 129 cm³/mol. The number of hydrogen-bond donors (Lipinski definition) is 5. The summed E-state index contributed by atoms with van der Waals surface area (Å²) in [7, 11) is 1.54.